The van der Waals surface area contributed by atoms with Crippen molar-refractivity contribution in [1.29, 1.82) is 0 Å². The quantitative estimate of drug-likeness (QED) is 0.426. The molecule has 0 amide bonds. The SMILES string of the molecule is NCCN.N[C@H]1CCCC[C@@H]1N.[Cl][Au]([Cl])[Cl]. The molecule has 0 heterocycles. The van der Waals surface area contributed by atoms with Gasteiger partial charge in [-0.15, -0.1) is 0 Å². The Bertz CT molecular complexity index is 128. The molecule has 1 fully saturated rings. The molecule has 8 N–H and O–H groups in total. The Morgan fingerprint density at radius 2 is 1.12 bits per heavy atom. The van der Waals surface area contributed by atoms with Gasteiger partial charge in [0, 0.05) is 25.2 Å². The topological polar surface area (TPSA) is 104 Å². The van der Waals surface area contributed by atoms with Crippen LogP contribution in [0.2, 0.25) is 0 Å². The third kappa shape index (κ3) is 17.8. The molecule has 0 aromatic carbocycles. The second kappa shape index (κ2) is 14.5. The van der Waals surface area contributed by atoms with Crippen molar-refractivity contribution in [1.82, 2.24) is 0 Å². The molecule has 0 unspecified atom stereocenters. The molecule has 2 atom stereocenters. The van der Waals surface area contributed by atoms with E-state index in [0.717, 1.165) is 12.8 Å². The Labute approximate surface area is 116 Å². The Morgan fingerprint density at radius 3 is 1.25 bits per heavy atom. The third-order valence-electron chi connectivity index (χ3n) is 2.04. The third-order valence-corrected chi connectivity index (χ3v) is 2.04. The van der Waals surface area contributed by atoms with Gasteiger partial charge < -0.3 is 22.9 Å². The van der Waals surface area contributed by atoms with Gasteiger partial charge in [-0.1, -0.05) is 12.8 Å². The van der Waals surface area contributed by atoms with Gasteiger partial charge in [0.25, 0.3) is 0 Å². The molecular weight excluding hydrogens is 455 g/mol. The molecule has 4 nitrogen and oxygen atoms in total. The molecule has 0 aliphatic heterocycles. The summed E-state index contributed by atoms with van der Waals surface area (Å²) in [5.41, 5.74) is 21.1. The average molecular weight is 478 g/mol. The van der Waals surface area contributed by atoms with Crippen molar-refractivity contribution in [2.75, 3.05) is 13.1 Å². The molecule has 0 bridgehead atoms. The van der Waals surface area contributed by atoms with Gasteiger partial charge in [-0.2, -0.15) is 0 Å². The van der Waals surface area contributed by atoms with Gasteiger partial charge in [0.15, 0.2) is 0 Å². The Balaban J connectivity index is 0. The van der Waals surface area contributed by atoms with E-state index in [-0.39, 0.29) is 12.1 Å². The summed E-state index contributed by atoms with van der Waals surface area (Å²) >= 11 is -1.79. The zero-order valence-electron chi connectivity index (χ0n) is 9.14. The van der Waals surface area contributed by atoms with Gasteiger partial charge in [0.1, 0.15) is 0 Å². The molecule has 0 aromatic rings. The van der Waals surface area contributed by atoms with E-state index in [1.165, 1.54) is 12.8 Å². The van der Waals surface area contributed by atoms with E-state index < -0.39 is 15.2 Å². The molecule has 1 saturated carbocycles. The van der Waals surface area contributed by atoms with Crippen LogP contribution < -0.4 is 22.9 Å². The first-order chi connectivity index (χ1) is 7.45. The van der Waals surface area contributed by atoms with Crippen LogP contribution in [0, 0.1) is 0 Å². The van der Waals surface area contributed by atoms with Gasteiger partial charge in [0.05, 0.1) is 0 Å². The average Bonchev–Trinajstić information content (AvgIpc) is 2.22. The summed E-state index contributed by atoms with van der Waals surface area (Å²) in [6, 6.07) is 0.562. The van der Waals surface area contributed by atoms with Gasteiger partial charge >= 0.3 is 42.8 Å². The van der Waals surface area contributed by atoms with Crippen molar-refractivity contribution in [3.8, 4) is 0 Å². The first-order valence-electron chi connectivity index (χ1n) is 4.97. The summed E-state index contributed by atoms with van der Waals surface area (Å²) in [6.45, 7) is 1.19. The molecule has 1 aliphatic carbocycles. The van der Waals surface area contributed by atoms with E-state index >= 15 is 0 Å². The fourth-order valence-corrected chi connectivity index (χ4v) is 1.19. The molecule has 0 saturated heterocycles. The fraction of sp³-hybridized carbons (Fsp3) is 1.00. The van der Waals surface area contributed by atoms with Crippen LogP contribution >= 0.6 is 27.6 Å². The minimum absolute atomic E-state index is 0.281. The van der Waals surface area contributed by atoms with Crippen LogP contribution in [0.15, 0.2) is 0 Å². The minimum atomic E-state index is -1.79. The summed E-state index contributed by atoms with van der Waals surface area (Å²) < 4.78 is 0. The Kier molecular flexibility index (Phi) is 17.9. The summed E-state index contributed by atoms with van der Waals surface area (Å²) in [4.78, 5) is 0. The van der Waals surface area contributed by atoms with E-state index in [4.69, 9.17) is 50.5 Å². The van der Waals surface area contributed by atoms with E-state index in [1.54, 1.807) is 0 Å². The van der Waals surface area contributed by atoms with Crippen LogP contribution in [0.3, 0.4) is 0 Å². The Morgan fingerprint density at radius 1 is 0.875 bits per heavy atom. The normalized spacial score (nSPS) is 24.6. The second-order valence-corrected chi connectivity index (χ2v) is 12.7. The zero-order valence-corrected chi connectivity index (χ0v) is 13.6. The van der Waals surface area contributed by atoms with Gasteiger partial charge in [0.2, 0.25) is 0 Å². The maximum absolute atomic E-state index is 5.65. The van der Waals surface area contributed by atoms with Crippen LogP contribution in [0.1, 0.15) is 25.7 Å². The van der Waals surface area contributed by atoms with Gasteiger partial charge in [-0.05, 0) is 12.8 Å². The predicted molar refractivity (Wildman–Crippen MR) is 70.1 cm³/mol. The van der Waals surface area contributed by atoms with Gasteiger partial charge in [-0.3, -0.25) is 0 Å². The van der Waals surface area contributed by atoms with Crippen LogP contribution in [-0.4, -0.2) is 25.2 Å². The zero-order chi connectivity index (χ0) is 13.0. The van der Waals surface area contributed by atoms with Crippen molar-refractivity contribution >= 4 is 27.6 Å². The molecule has 0 aromatic heterocycles. The number of nitrogens with two attached hydrogens (primary N) is 4. The van der Waals surface area contributed by atoms with Crippen molar-refractivity contribution in [2.45, 2.75) is 37.8 Å². The summed E-state index contributed by atoms with van der Waals surface area (Å²) in [5, 5.41) is 0. The van der Waals surface area contributed by atoms with Crippen molar-refractivity contribution in [3.63, 3.8) is 0 Å². The number of hydrogen-bond acceptors (Lipinski definition) is 4. The number of hydrogen-bond donors (Lipinski definition) is 4. The molecule has 1 aliphatic rings. The predicted octanol–water partition coefficient (Wildman–Crippen LogP) is 1.18. The van der Waals surface area contributed by atoms with E-state index in [9.17, 15) is 0 Å². The monoisotopic (exact) mass is 476 g/mol. The Hall–Kier alpha value is 1.45. The molecule has 106 valence electrons. The molecule has 0 spiro atoms. The van der Waals surface area contributed by atoms with E-state index in [0.29, 0.717) is 13.1 Å². The van der Waals surface area contributed by atoms with Gasteiger partial charge in [-0.25, -0.2) is 0 Å². The molecule has 1 rings (SSSR count). The van der Waals surface area contributed by atoms with E-state index in [2.05, 4.69) is 0 Å². The second-order valence-electron chi connectivity index (χ2n) is 3.32. The molecular formula is C8H22AuCl3N4. The first-order valence-corrected chi connectivity index (χ1v) is 13.0. The first kappa shape index (κ1) is 19.8. The summed E-state index contributed by atoms with van der Waals surface area (Å²) in [7, 11) is 14.9. The molecule has 0 radical (unpaired) electrons. The number of rotatable bonds is 1. The fourth-order valence-electron chi connectivity index (χ4n) is 1.19. The van der Waals surface area contributed by atoms with E-state index in [1.807, 2.05) is 0 Å². The van der Waals surface area contributed by atoms with Crippen LogP contribution in [-0.2, 0) is 15.2 Å². The van der Waals surface area contributed by atoms with Crippen LogP contribution in [0.5, 0.6) is 0 Å². The summed E-state index contributed by atoms with van der Waals surface area (Å²) in [6.07, 6.45) is 4.80. The van der Waals surface area contributed by atoms with Crippen LogP contribution in [0.4, 0.5) is 0 Å². The van der Waals surface area contributed by atoms with Crippen LogP contribution in [0.25, 0.3) is 0 Å². The van der Waals surface area contributed by atoms with Crippen molar-refractivity contribution in [2.24, 2.45) is 22.9 Å². The molecule has 8 heteroatoms. The summed E-state index contributed by atoms with van der Waals surface area (Å²) in [5.74, 6) is 0. The van der Waals surface area contributed by atoms with Crippen molar-refractivity contribution in [3.05, 3.63) is 0 Å². The molecule has 16 heavy (non-hydrogen) atoms. The number of halogens is 3. The standard InChI is InChI=1S/C6H14N2.C2H8N2.Au.3ClH/c7-5-3-1-2-4-6(5)8;3-1-2-4;;;;/h5-6H,1-4,7-8H2;1-4H2;;3*1H/q;;+3;;;/p-3/t5-,6-;;;;;/m0...../s1. The van der Waals surface area contributed by atoms with Crippen molar-refractivity contribution < 1.29 is 15.2 Å². The maximum atomic E-state index is 5.65.